The highest BCUT2D eigenvalue weighted by atomic mass is 32.2. The maximum absolute atomic E-state index is 13.7. The predicted molar refractivity (Wildman–Crippen MR) is 149 cm³/mol. The van der Waals surface area contributed by atoms with Gasteiger partial charge in [-0.3, -0.25) is 4.79 Å². The third-order valence-corrected chi connectivity index (χ3v) is 6.81. The smallest absolute Gasteiger partial charge is 0.255 e. The van der Waals surface area contributed by atoms with Crippen LogP contribution in [0.5, 0.6) is 11.5 Å². The van der Waals surface area contributed by atoms with Crippen LogP contribution in [0.2, 0.25) is 0 Å². The zero-order valence-corrected chi connectivity index (χ0v) is 22.7. The Morgan fingerprint density at radius 1 is 1.08 bits per heavy atom. The maximum Gasteiger partial charge on any atom is 0.255 e. The molecule has 1 aliphatic heterocycles. The fourth-order valence-corrected chi connectivity index (χ4v) is 5.03. The number of para-hydroxylation sites is 1. The maximum atomic E-state index is 13.7. The van der Waals surface area contributed by atoms with Gasteiger partial charge < -0.3 is 20.1 Å². The number of rotatable bonds is 12. The standard InChI is InChI=1S/C28H35N5O3S/c1-5-8-17-37-28-31-27-29-19(4)24(26(34)30-21-12-10-9-11-13-21)25(33(27)32-28)20-14-15-22(36-16-6-2)23(18-20)35-7-3/h9-15,18,25H,5-8,16-17H2,1-4H3,(H,30,34)(H,29,31,32). The Balaban J connectivity index is 1.76. The molecule has 2 N–H and O–H groups in total. The molecule has 8 nitrogen and oxygen atoms in total. The van der Waals surface area contributed by atoms with Crippen LogP contribution in [0.25, 0.3) is 0 Å². The van der Waals surface area contributed by atoms with Crippen LogP contribution in [-0.4, -0.2) is 39.6 Å². The number of carbonyl (C=O) groups is 1. The summed E-state index contributed by atoms with van der Waals surface area (Å²) in [4.78, 5) is 18.4. The molecule has 2 aromatic carbocycles. The Morgan fingerprint density at radius 2 is 1.89 bits per heavy atom. The van der Waals surface area contributed by atoms with Crippen molar-refractivity contribution in [3.05, 3.63) is 65.4 Å². The van der Waals surface area contributed by atoms with E-state index in [1.165, 1.54) is 0 Å². The van der Waals surface area contributed by atoms with Crippen LogP contribution >= 0.6 is 11.8 Å². The van der Waals surface area contributed by atoms with Gasteiger partial charge in [-0.2, -0.15) is 4.98 Å². The van der Waals surface area contributed by atoms with Crippen molar-refractivity contribution in [2.24, 2.45) is 0 Å². The fourth-order valence-electron chi connectivity index (χ4n) is 4.12. The van der Waals surface area contributed by atoms with Gasteiger partial charge in [0.05, 0.1) is 18.8 Å². The molecule has 1 aliphatic rings. The molecule has 9 heteroatoms. The predicted octanol–water partition coefficient (Wildman–Crippen LogP) is 6.29. The van der Waals surface area contributed by atoms with Crippen molar-refractivity contribution in [2.45, 2.75) is 58.2 Å². The van der Waals surface area contributed by atoms with E-state index < -0.39 is 6.04 Å². The number of nitrogens with one attached hydrogen (secondary N) is 2. The number of aromatic nitrogens is 3. The molecule has 2 heterocycles. The number of carbonyl (C=O) groups excluding carboxylic acids is 1. The second-order valence-electron chi connectivity index (χ2n) is 8.74. The molecule has 1 unspecified atom stereocenters. The lowest BCUT2D eigenvalue weighted by atomic mass is 9.94. The van der Waals surface area contributed by atoms with Crippen LogP contribution in [0.3, 0.4) is 0 Å². The van der Waals surface area contributed by atoms with Crippen molar-refractivity contribution >= 4 is 29.3 Å². The number of anilines is 2. The van der Waals surface area contributed by atoms with E-state index in [1.54, 1.807) is 16.4 Å². The number of ether oxygens (including phenoxy) is 2. The van der Waals surface area contributed by atoms with Gasteiger partial charge in [0.2, 0.25) is 11.1 Å². The third kappa shape index (κ3) is 6.28. The largest absolute Gasteiger partial charge is 0.490 e. The first-order chi connectivity index (χ1) is 18.0. The van der Waals surface area contributed by atoms with Gasteiger partial charge in [-0.25, -0.2) is 4.68 Å². The van der Waals surface area contributed by atoms with Crippen LogP contribution in [0.1, 0.15) is 58.6 Å². The summed E-state index contributed by atoms with van der Waals surface area (Å²) in [6, 6.07) is 14.8. The minimum absolute atomic E-state index is 0.202. The summed E-state index contributed by atoms with van der Waals surface area (Å²) in [5, 5.41) is 11.9. The number of allylic oxidation sites excluding steroid dienone is 1. The zero-order chi connectivity index (χ0) is 26.2. The Bertz CT molecular complexity index is 1240. The van der Waals surface area contributed by atoms with Gasteiger partial charge in [0.15, 0.2) is 11.5 Å². The molecule has 1 amide bonds. The molecule has 3 aromatic rings. The normalized spacial score (nSPS) is 14.6. The van der Waals surface area contributed by atoms with Gasteiger partial charge >= 0.3 is 0 Å². The monoisotopic (exact) mass is 521 g/mol. The van der Waals surface area contributed by atoms with E-state index in [-0.39, 0.29) is 5.91 Å². The molecule has 0 bridgehead atoms. The molecule has 0 saturated heterocycles. The number of unbranched alkanes of at least 4 members (excludes halogenated alkanes) is 1. The molecule has 0 radical (unpaired) electrons. The first-order valence-electron chi connectivity index (χ1n) is 12.9. The van der Waals surface area contributed by atoms with Crippen molar-refractivity contribution < 1.29 is 14.3 Å². The van der Waals surface area contributed by atoms with Crippen LogP contribution in [0, 0.1) is 0 Å². The highest BCUT2D eigenvalue weighted by Gasteiger charge is 2.35. The van der Waals surface area contributed by atoms with Crippen molar-refractivity contribution in [2.75, 3.05) is 29.6 Å². The van der Waals surface area contributed by atoms with E-state index in [2.05, 4.69) is 24.5 Å². The Morgan fingerprint density at radius 3 is 2.62 bits per heavy atom. The van der Waals surface area contributed by atoms with Crippen molar-refractivity contribution in [3.63, 3.8) is 0 Å². The summed E-state index contributed by atoms with van der Waals surface area (Å²) < 4.78 is 13.7. The molecule has 4 rings (SSSR count). The molecular formula is C28H35N5O3S. The molecule has 0 aliphatic carbocycles. The number of thioether (sulfide) groups is 1. The number of fused-ring (bicyclic) bond motifs is 1. The van der Waals surface area contributed by atoms with Gasteiger partial charge in [0.1, 0.15) is 6.04 Å². The highest BCUT2D eigenvalue weighted by molar-refractivity contribution is 7.99. The minimum Gasteiger partial charge on any atom is -0.490 e. The average Bonchev–Trinajstić information content (AvgIpc) is 3.30. The second kappa shape index (κ2) is 12.7. The molecule has 0 spiro atoms. The third-order valence-electron chi connectivity index (χ3n) is 5.88. The minimum atomic E-state index is -0.493. The van der Waals surface area contributed by atoms with Crippen LogP contribution < -0.4 is 20.1 Å². The summed E-state index contributed by atoms with van der Waals surface area (Å²) in [6.07, 6.45) is 3.09. The Hall–Kier alpha value is -3.46. The first kappa shape index (κ1) is 26.6. The Kier molecular flexibility index (Phi) is 9.11. The summed E-state index contributed by atoms with van der Waals surface area (Å²) in [6.45, 7) is 9.18. The molecule has 0 saturated carbocycles. The molecule has 1 aromatic heterocycles. The van der Waals surface area contributed by atoms with Crippen LogP contribution in [0.4, 0.5) is 11.6 Å². The summed E-state index contributed by atoms with van der Waals surface area (Å²) >= 11 is 1.63. The van der Waals surface area contributed by atoms with Crippen LogP contribution in [-0.2, 0) is 4.79 Å². The molecule has 0 fully saturated rings. The van der Waals surface area contributed by atoms with Gasteiger partial charge in [-0.05, 0) is 56.5 Å². The van der Waals surface area contributed by atoms with E-state index in [0.717, 1.165) is 42.0 Å². The first-order valence-corrected chi connectivity index (χ1v) is 13.9. The van der Waals surface area contributed by atoms with Crippen molar-refractivity contribution in [1.82, 2.24) is 14.8 Å². The van der Waals surface area contributed by atoms with E-state index in [0.29, 0.717) is 41.4 Å². The number of nitrogens with zero attached hydrogens (tertiary/aromatic N) is 3. The zero-order valence-electron chi connectivity index (χ0n) is 21.9. The lowest BCUT2D eigenvalue weighted by Crippen LogP contribution is -2.31. The van der Waals surface area contributed by atoms with E-state index in [4.69, 9.17) is 19.6 Å². The topological polar surface area (TPSA) is 90.3 Å². The molecular weight excluding hydrogens is 486 g/mol. The van der Waals surface area contributed by atoms with E-state index >= 15 is 0 Å². The van der Waals surface area contributed by atoms with E-state index in [9.17, 15) is 4.79 Å². The Labute approximate surface area is 222 Å². The SMILES string of the molecule is CCCCSc1nc2n(n1)C(c1ccc(OCCC)c(OCC)c1)C(C(=O)Nc1ccccc1)=C(C)N2. The van der Waals surface area contributed by atoms with Gasteiger partial charge in [-0.15, -0.1) is 5.10 Å². The fraction of sp³-hybridized carbons (Fsp3) is 0.393. The van der Waals surface area contributed by atoms with Gasteiger partial charge in [0.25, 0.3) is 5.91 Å². The van der Waals surface area contributed by atoms with Crippen LogP contribution in [0.15, 0.2) is 65.0 Å². The average molecular weight is 522 g/mol. The molecule has 1 atom stereocenters. The number of hydrogen-bond acceptors (Lipinski definition) is 7. The molecule has 37 heavy (non-hydrogen) atoms. The lowest BCUT2D eigenvalue weighted by Gasteiger charge is -2.29. The number of hydrogen-bond donors (Lipinski definition) is 2. The molecule has 196 valence electrons. The van der Waals surface area contributed by atoms with Crippen molar-refractivity contribution in [3.8, 4) is 11.5 Å². The van der Waals surface area contributed by atoms with Gasteiger partial charge in [0, 0.05) is 17.1 Å². The van der Waals surface area contributed by atoms with Gasteiger partial charge in [-0.1, -0.05) is 56.3 Å². The summed E-state index contributed by atoms with van der Waals surface area (Å²) in [5.41, 5.74) is 2.89. The summed E-state index contributed by atoms with van der Waals surface area (Å²) in [5.74, 6) is 2.68. The second-order valence-corrected chi connectivity index (χ2v) is 9.80. The van der Waals surface area contributed by atoms with Crippen molar-refractivity contribution in [1.29, 1.82) is 0 Å². The summed E-state index contributed by atoms with van der Waals surface area (Å²) in [7, 11) is 0. The van der Waals surface area contributed by atoms with E-state index in [1.807, 2.05) is 62.4 Å². The lowest BCUT2D eigenvalue weighted by molar-refractivity contribution is -0.113. The number of benzene rings is 2. The highest BCUT2D eigenvalue weighted by Crippen LogP contribution is 2.40. The quantitative estimate of drug-likeness (QED) is 0.214. The number of amides is 1.